The van der Waals surface area contributed by atoms with E-state index in [-0.39, 0.29) is 67.5 Å². The van der Waals surface area contributed by atoms with Gasteiger partial charge in [-0.3, -0.25) is 49.7 Å². The molecule has 0 aromatic carbocycles. The molecule has 0 saturated carbocycles. The van der Waals surface area contributed by atoms with Crippen molar-refractivity contribution >= 4 is 52.9 Å². The fraction of sp³-hybridized carbons (Fsp3) is 0.800. The van der Waals surface area contributed by atoms with Gasteiger partial charge in [0.15, 0.2) is 5.78 Å². The van der Waals surface area contributed by atoms with E-state index < -0.39 is 28.4 Å². The number of rotatable bonds is 30. The number of amidine groups is 1. The summed E-state index contributed by atoms with van der Waals surface area (Å²) < 4.78 is 10.9. The van der Waals surface area contributed by atoms with E-state index in [1.807, 2.05) is 27.7 Å². The molecular weight excluding hydrogens is 707 g/mol. The minimum absolute atomic E-state index is 0.00458. The van der Waals surface area contributed by atoms with E-state index in [2.05, 4.69) is 21.3 Å². The summed E-state index contributed by atoms with van der Waals surface area (Å²) in [4.78, 5) is 75.6. The normalized spacial score (nSPS) is 15.1. The zero-order valence-electron chi connectivity index (χ0n) is 32.7. The van der Waals surface area contributed by atoms with Gasteiger partial charge in [0.25, 0.3) is 0 Å². The zero-order chi connectivity index (χ0) is 40.5. The molecule has 53 heavy (non-hydrogen) atoms. The van der Waals surface area contributed by atoms with E-state index in [9.17, 15) is 28.8 Å². The average molecular weight is 774 g/mol. The third-order valence-corrected chi connectivity index (χ3v) is 9.13. The largest absolute Gasteiger partial charge is 0.388 e. The van der Waals surface area contributed by atoms with Gasteiger partial charge < -0.3 is 37.3 Å². The van der Waals surface area contributed by atoms with E-state index in [4.69, 9.17) is 32.1 Å². The Morgan fingerprint density at radius 1 is 0.868 bits per heavy atom. The van der Waals surface area contributed by atoms with Gasteiger partial charge in [0.05, 0.1) is 54.8 Å². The number of primary amides is 1. The molecule has 17 nitrogen and oxygen atoms in total. The van der Waals surface area contributed by atoms with Crippen molar-refractivity contribution in [3.05, 3.63) is 0 Å². The first-order valence-corrected chi connectivity index (χ1v) is 19.6. The molecule has 0 aliphatic carbocycles. The van der Waals surface area contributed by atoms with E-state index in [0.29, 0.717) is 83.9 Å². The van der Waals surface area contributed by atoms with Gasteiger partial charge in [-0.15, -0.1) is 11.8 Å². The topological polar surface area (TPSA) is 274 Å². The highest BCUT2D eigenvalue weighted by Crippen LogP contribution is 2.26. The number of hydrogen-bond donors (Lipinski definition) is 8. The van der Waals surface area contributed by atoms with Crippen LogP contribution in [0.15, 0.2) is 0 Å². The van der Waals surface area contributed by atoms with Crippen molar-refractivity contribution in [2.24, 2.45) is 17.2 Å². The first-order valence-electron chi connectivity index (χ1n) is 18.5. The predicted molar refractivity (Wildman–Crippen MR) is 207 cm³/mol. The van der Waals surface area contributed by atoms with Gasteiger partial charge in [0.1, 0.15) is 0 Å². The van der Waals surface area contributed by atoms with Crippen LogP contribution in [0, 0.1) is 5.41 Å². The van der Waals surface area contributed by atoms with Gasteiger partial charge in [0.2, 0.25) is 29.5 Å². The number of nitrogens with two attached hydrogens (primary N) is 3. The van der Waals surface area contributed by atoms with Crippen LogP contribution < -0.4 is 38.5 Å². The molecule has 0 radical (unpaired) electrons. The molecule has 18 heteroatoms. The maximum Gasteiger partial charge on any atom is 0.242 e. The van der Waals surface area contributed by atoms with Crippen LogP contribution in [-0.4, -0.2) is 127 Å². The van der Waals surface area contributed by atoms with Crippen molar-refractivity contribution in [1.29, 1.82) is 5.41 Å². The number of hydrogen-bond acceptors (Lipinski definition) is 13. The Balaban J connectivity index is 0.0000133. The molecule has 0 bridgehead atoms. The van der Waals surface area contributed by atoms with Crippen molar-refractivity contribution in [1.82, 2.24) is 26.2 Å². The molecule has 2 unspecified atom stereocenters. The summed E-state index contributed by atoms with van der Waals surface area (Å²) in [5, 5.41) is 18.4. The lowest BCUT2D eigenvalue weighted by Crippen LogP contribution is -2.55. The molecule has 2 atom stereocenters. The van der Waals surface area contributed by atoms with Crippen LogP contribution in [-0.2, 0) is 38.2 Å². The third kappa shape index (κ3) is 24.0. The highest BCUT2D eigenvalue weighted by atomic mass is 32.2. The average Bonchev–Trinajstić information content (AvgIpc) is 3.35. The number of ether oxygens (including phenoxy) is 2. The van der Waals surface area contributed by atoms with E-state index in [0.717, 1.165) is 4.90 Å². The lowest BCUT2D eigenvalue weighted by atomic mass is 9.93. The van der Waals surface area contributed by atoms with Crippen molar-refractivity contribution in [3.63, 3.8) is 0 Å². The number of imide groups is 1. The van der Waals surface area contributed by atoms with Crippen molar-refractivity contribution < 1.29 is 38.2 Å². The fourth-order valence-electron chi connectivity index (χ4n) is 4.97. The summed E-state index contributed by atoms with van der Waals surface area (Å²) in [6.45, 7) is 13.9. The molecule has 1 heterocycles. The van der Waals surface area contributed by atoms with Crippen LogP contribution in [0.3, 0.4) is 0 Å². The van der Waals surface area contributed by atoms with Gasteiger partial charge in [-0.05, 0) is 59.1 Å². The SMILES string of the molecule is CC.CC(C)(N)NCCOCCOCCNC(=O)CCC(=O)C(C)(C)NC(CCCCNC(=O)CCN1C(=O)CC(SCCCC(=N)N)C1=O)C(N)=O. The Morgan fingerprint density at radius 3 is 2.08 bits per heavy atom. The van der Waals surface area contributed by atoms with E-state index in [1.54, 1.807) is 13.8 Å². The van der Waals surface area contributed by atoms with Crippen LogP contribution in [0.5, 0.6) is 0 Å². The smallest absolute Gasteiger partial charge is 0.242 e. The number of thioether (sulfide) groups is 1. The summed E-state index contributed by atoms with van der Waals surface area (Å²) in [6, 6.07) is -0.793. The number of nitrogens with zero attached hydrogens (tertiary/aromatic N) is 1. The number of carbonyl (C=O) groups is 6. The van der Waals surface area contributed by atoms with Gasteiger partial charge in [0, 0.05) is 58.3 Å². The van der Waals surface area contributed by atoms with Crippen LogP contribution in [0.4, 0.5) is 0 Å². The van der Waals surface area contributed by atoms with Crippen LogP contribution in [0.1, 0.15) is 99.3 Å². The minimum atomic E-state index is -1.11. The lowest BCUT2D eigenvalue weighted by Gasteiger charge is -2.29. The molecular formula is C35H67N9O8S. The highest BCUT2D eigenvalue weighted by molar-refractivity contribution is 8.00. The Bertz CT molecular complexity index is 1170. The van der Waals surface area contributed by atoms with Gasteiger partial charge in [-0.1, -0.05) is 13.8 Å². The first-order chi connectivity index (χ1) is 24.9. The molecule has 0 aromatic heterocycles. The first kappa shape index (κ1) is 49.8. The number of nitrogens with one attached hydrogen (secondary N) is 5. The maximum atomic E-state index is 12.9. The van der Waals surface area contributed by atoms with Crippen molar-refractivity contribution in [3.8, 4) is 0 Å². The molecule has 1 aliphatic heterocycles. The number of carbonyl (C=O) groups excluding carboxylic acids is 6. The summed E-state index contributed by atoms with van der Waals surface area (Å²) >= 11 is 1.37. The highest BCUT2D eigenvalue weighted by Gasteiger charge is 2.38. The molecule has 306 valence electrons. The second-order valence-electron chi connectivity index (χ2n) is 13.5. The van der Waals surface area contributed by atoms with Crippen LogP contribution >= 0.6 is 11.8 Å². The minimum Gasteiger partial charge on any atom is -0.388 e. The summed E-state index contributed by atoms with van der Waals surface area (Å²) in [5.74, 6) is -1.36. The molecule has 1 aliphatic rings. The molecule has 1 saturated heterocycles. The second-order valence-corrected chi connectivity index (χ2v) is 14.9. The molecule has 1 fully saturated rings. The third-order valence-electron chi connectivity index (χ3n) is 7.84. The Morgan fingerprint density at radius 2 is 1.47 bits per heavy atom. The number of Topliss-reactive ketones (excluding diaryl/α,β-unsaturated/α-hetero) is 1. The predicted octanol–water partition coefficient (Wildman–Crippen LogP) is 0.271. The molecule has 0 spiro atoms. The number of likely N-dealkylation sites (tertiary alicyclic amines) is 1. The maximum absolute atomic E-state index is 12.9. The van der Waals surface area contributed by atoms with Crippen molar-refractivity contribution in [2.45, 2.75) is 122 Å². The quantitative estimate of drug-likeness (QED) is 0.0160. The van der Waals surface area contributed by atoms with Crippen molar-refractivity contribution in [2.75, 3.05) is 58.4 Å². The standard InChI is InChI=1S/C33H61N9O8S.C2H6/c1-32(2,25(43)10-11-27(44)39-14-17-49-19-20-50-18-15-40-33(3,4)37)41-23(30(36)47)8-5-6-13-38-28(45)12-16-42-29(46)22-24(31(42)48)51-21-7-9-26(34)35;1-2/h23-24,40-41H,5-22,37H2,1-4H3,(H3,34,35)(H2,36,47)(H,38,45)(H,39,44);1-2H3. The van der Waals surface area contributed by atoms with Crippen LogP contribution in [0.2, 0.25) is 0 Å². The molecule has 11 N–H and O–H groups in total. The second kappa shape index (κ2) is 27.4. The lowest BCUT2D eigenvalue weighted by molar-refractivity contribution is -0.138. The number of ketones is 1. The molecule has 0 aromatic rings. The Hall–Kier alpha value is -3.16. The Kier molecular flexibility index (Phi) is 25.8. The summed E-state index contributed by atoms with van der Waals surface area (Å²) in [5.41, 5.74) is 15.2. The Labute approximate surface area is 319 Å². The number of unbranched alkanes of at least 4 members (excludes halogenated alkanes) is 1. The zero-order valence-corrected chi connectivity index (χ0v) is 33.6. The van der Waals surface area contributed by atoms with Gasteiger partial charge in [-0.2, -0.15) is 0 Å². The van der Waals surface area contributed by atoms with E-state index in [1.165, 1.54) is 11.8 Å². The fourth-order valence-corrected chi connectivity index (χ4v) is 6.09. The summed E-state index contributed by atoms with van der Waals surface area (Å²) in [6.07, 6.45) is 2.52. The molecule has 1 rings (SSSR count). The number of amides is 5. The summed E-state index contributed by atoms with van der Waals surface area (Å²) in [7, 11) is 0. The van der Waals surface area contributed by atoms with Gasteiger partial charge >= 0.3 is 0 Å². The molecule has 5 amide bonds. The van der Waals surface area contributed by atoms with Gasteiger partial charge in [-0.25, -0.2) is 0 Å². The van der Waals surface area contributed by atoms with Crippen LogP contribution in [0.25, 0.3) is 0 Å². The monoisotopic (exact) mass is 773 g/mol. The van der Waals surface area contributed by atoms with E-state index >= 15 is 0 Å².